The van der Waals surface area contributed by atoms with Gasteiger partial charge in [-0.25, -0.2) is 9.71 Å². The summed E-state index contributed by atoms with van der Waals surface area (Å²) in [5.41, 5.74) is 0.694. The monoisotopic (exact) mass is 190 g/mol. The van der Waals surface area contributed by atoms with Gasteiger partial charge in [0.2, 0.25) is 0 Å². The number of nitrogens with zero attached hydrogens (tertiary/aromatic N) is 1. The van der Waals surface area contributed by atoms with E-state index in [1.807, 2.05) is 18.2 Å². The fourth-order valence-corrected chi connectivity index (χ4v) is 1.33. The van der Waals surface area contributed by atoms with Crippen molar-refractivity contribution < 1.29 is 9.84 Å². The molecule has 4 heteroatoms. The smallest absolute Gasteiger partial charge is 0.291 e. The zero-order valence-electron chi connectivity index (χ0n) is 7.42. The zero-order valence-corrected chi connectivity index (χ0v) is 7.42. The molecule has 1 heterocycles. The Kier molecular flexibility index (Phi) is 2.20. The molecule has 1 atom stereocenters. The number of hydrogen-bond donors (Lipinski definition) is 2. The minimum Gasteiger partial charge on any atom is -0.711 e. The number of rotatable bonds is 2. The van der Waals surface area contributed by atoms with E-state index in [-0.39, 0.29) is 5.82 Å². The van der Waals surface area contributed by atoms with Crippen LogP contribution in [-0.2, 0) is 0 Å². The van der Waals surface area contributed by atoms with Crippen LogP contribution in [0, 0.1) is 5.21 Å². The molecule has 1 aromatic carbocycles. The third kappa shape index (κ3) is 1.47. The molecule has 0 aliphatic carbocycles. The number of benzene rings is 1. The normalized spacial score (nSPS) is 12.6. The van der Waals surface area contributed by atoms with Crippen LogP contribution in [0.5, 0.6) is 0 Å². The second-order valence-corrected chi connectivity index (χ2v) is 2.98. The standard InChI is InChI=1S/C10H10N2O2/c13-9(8-4-2-1-3-5-8)10-11-6-7-12(10)14/h1-7,9,11,13H. The van der Waals surface area contributed by atoms with Gasteiger partial charge in [0.25, 0.3) is 5.82 Å². The molecule has 0 spiro atoms. The maximum atomic E-state index is 11.2. The Balaban J connectivity index is 2.34. The van der Waals surface area contributed by atoms with Crippen molar-refractivity contribution in [2.75, 3.05) is 0 Å². The van der Waals surface area contributed by atoms with Gasteiger partial charge in [0.1, 0.15) is 12.4 Å². The van der Waals surface area contributed by atoms with Crippen molar-refractivity contribution >= 4 is 0 Å². The van der Waals surface area contributed by atoms with E-state index in [4.69, 9.17) is 0 Å². The van der Waals surface area contributed by atoms with Gasteiger partial charge >= 0.3 is 0 Å². The van der Waals surface area contributed by atoms with E-state index >= 15 is 0 Å². The average Bonchev–Trinajstić information content (AvgIpc) is 2.65. The van der Waals surface area contributed by atoms with Crippen LogP contribution in [0.1, 0.15) is 17.5 Å². The van der Waals surface area contributed by atoms with E-state index in [1.54, 1.807) is 12.1 Å². The fraction of sp³-hybridized carbons (Fsp3) is 0.100. The highest BCUT2D eigenvalue weighted by Crippen LogP contribution is 2.16. The second-order valence-electron chi connectivity index (χ2n) is 2.98. The molecular weight excluding hydrogens is 180 g/mol. The summed E-state index contributed by atoms with van der Waals surface area (Å²) in [5, 5.41) is 21.0. The molecular formula is C10H10N2O2. The second kappa shape index (κ2) is 3.51. The van der Waals surface area contributed by atoms with Crippen molar-refractivity contribution in [3.63, 3.8) is 0 Å². The maximum Gasteiger partial charge on any atom is 0.291 e. The summed E-state index contributed by atoms with van der Waals surface area (Å²) in [6.45, 7) is 0. The number of imidazole rings is 1. The molecule has 0 saturated carbocycles. The number of hydrogen-bond acceptors (Lipinski definition) is 2. The first-order valence-electron chi connectivity index (χ1n) is 4.28. The van der Waals surface area contributed by atoms with Crippen molar-refractivity contribution in [3.05, 3.63) is 59.3 Å². The lowest BCUT2D eigenvalue weighted by atomic mass is 10.1. The van der Waals surface area contributed by atoms with Gasteiger partial charge in [-0.15, -0.1) is 0 Å². The molecule has 1 aromatic heterocycles. The van der Waals surface area contributed by atoms with Gasteiger partial charge in [-0.1, -0.05) is 30.3 Å². The molecule has 72 valence electrons. The van der Waals surface area contributed by atoms with Gasteiger partial charge in [-0.05, 0) is 5.56 Å². The van der Waals surface area contributed by atoms with E-state index in [9.17, 15) is 10.3 Å². The van der Waals surface area contributed by atoms with Crippen LogP contribution in [0.25, 0.3) is 0 Å². The highest BCUT2D eigenvalue weighted by Gasteiger charge is 2.18. The van der Waals surface area contributed by atoms with Crippen LogP contribution < -0.4 is 4.73 Å². The lowest BCUT2D eigenvalue weighted by Crippen LogP contribution is -2.30. The Morgan fingerprint density at radius 3 is 2.57 bits per heavy atom. The van der Waals surface area contributed by atoms with Crippen molar-refractivity contribution in [2.45, 2.75) is 6.10 Å². The molecule has 0 amide bonds. The molecule has 2 rings (SSSR count). The molecule has 1 unspecified atom stereocenters. The molecule has 14 heavy (non-hydrogen) atoms. The summed E-state index contributed by atoms with van der Waals surface area (Å²) in [6, 6.07) is 9.03. The molecule has 4 nitrogen and oxygen atoms in total. The SMILES string of the molecule is [O-][n+]1cc[nH]c1C(O)c1ccccc1. The van der Waals surface area contributed by atoms with Crippen molar-refractivity contribution in [3.8, 4) is 0 Å². The van der Waals surface area contributed by atoms with Gasteiger partial charge in [0, 0.05) is 0 Å². The number of aliphatic hydroxyl groups excluding tert-OH is 1. The Morgan fingerprint density at radius 2 is 2.00 bits per heavy atom. The molecule has 0 radical (unpaired) electrons. The number of aliphatic hydroxyl groups is 1. The van der Waals surface area contributed by atoms with E-state index in [0.717, 1.165) is 0 Å². The molecule has 2 aromatic rings. The van der Waals surface area contributed by atoms with Gasteiger partial charge in [0.15, 0.2) is 6.10 Å². The first-order chi connectivity index (χ1) is 6.79. The Bertz CT molecular complexity index is 411. The highest BCUT2D eigenvalue weighted by atomic mass is 16.5. The molecule has 0 aliphatic rings. The van der Waals surface area contributed by atoms with E-state index in [2.05, 4.69) is 4.98 Å². The molecule has 0 bridgehead atoms. The summed E-state index contributed by atoms with van der Waals surface area (Å²) in [4.78, 5) is 2.70. The molecule has 0 fully saturated rings. The number of aromatic amines is 1. The molecule has 0 saturated heterocycles. The Morgan fingerprint density at radius 1 is 1.29 bits per heavy atom. The predicted molar refractivity (Wildman–Crippen MR) is 50.3 cm³/mol. The van der Waals surface area contributed by atoms with Gasteiger partial charge < -0.3 is 10.3 Å². The van der Waals surface area contributed by atoms with Crippen molar-refractivity contribution in [1.82, 2.24) is 4.98 Å². The number of H-pyrrole nitrogens is 1. The summed E-state index contributed by atoms with van der Waals surface area (Å²) in [6.07, 6.45) is 1.92. The largest absolute Gasteiger partial charge is 0.711 e. The van der Waals surface area contributed by atoms with Crippen molar-refractivity contribution in [2.24, 2.45) is 0 Å². The summed E-state index contributed by atoms with van der Waals surface area (Å²) < 4.78 is 0.623. The summed E-state index contributed by atoms with van der Waals surface area (Å²) >= 11 is 0. The summed E-state index contributed by atoms with van der Waals surface area (Å²) in [7, 11) is 0. The van der Waals surface area contributed by atoms with Crippen LogP contribution in [0.2, 0.25) is 0 Å². The Hall–Kier alpha value is -1.81. The van der Waals surface area contributed by atoms with Gasteiger partial charge in [0.05, 0.1) is 0 Å². The van der Waals surface area contributed by atoms with Crippen LogP contribution in [0.4, 0.5) is 0 Å². The van der Waals surface area contributed by atoms with Crippen LogP contribution >= 0.6 is 0 Å². The molecule has 0 aliphatic heterocycles. The number of aromatic nitrogens is 2. The predicted octanol–water partition coefficient (Wildman–Crippen LogP) is 0.730. The highest BCUT2D eigenvalue weighted by molar-refractivity contribution is 5.21. The maximum absolute atomic E-state index is 11.2. The first kappa shape index (κ1) is 8.77. The van der Waals surface area contributed by atoms with E-state index in [0.29, 0.717) is 10.3 Å². The van der Waals surface area contributed by atoms with Crippen LogP contribution in [0.15, 0.2) is 42.7 Å². The average molecular weight is 190 g/mol. The lowest BCUT2D eigenvalue weighted by Gasteiger charge is -2.08. The lowest BCUT2D eigenvalue weighted by molar-refractivity contribution is -0.616. The van der Waals surface area contributed by atoms with E-state index in [1.165, 1.54) is 12.4 Å². The minimum atomic E-state index is -0.899. The van der Waals surface area contributed by atoms with Gasteiger partial charge in [-0.2, -0.15) is 0 Å². The fourth-order valence-electron chi connectivity index (χ4n) is 1.33. The van der Waals surface area contributed by atoms with Crippen LogP contribution in [-0.4, -0.2) is 10.1 Å². The third-order valence-electron chi connectivity index (χ3n) is 2.05. The summed E-state index contributed by atoms with van der Waals surface area (Å²) in [5.74, 6) is 0.233. The third-order valence-corrected chi connectivity index (χ3v) is 2.05. The minimum absolute atomic E-state index is 0.233. The van der Waals surface area contributed by atoms with Crippen molar-refractivity contribution in [1.29, 1.82) is 0 Å². The van der Waals surface area contributed by atoms with Gasteiger partial charge in [-0.3, -0.25) is 0 Å². The first-order valence-corrected chi connectivity index (χ1v) is 4.28. The zero-order chi connectivity index (χ0) is 9.97. The topological polar surface area (TPSA) is 63.0 Å². The molecule has 2 N–H and O–H groups in total. The van der Waals surface area contributed by atoms with Crippen LogP contribution in [0.3, 0.4) is 0 Å². The number of nitrogens with one attached hydrogen (secondary N) is 1. The van der Waals surface area contributed by atoms with E-state index < -0.39 is 6.10 Å². The quantitative estimate of drug-likeness (QED) is 0.541. The Labute approximate surface area is 81.0 Å².